The first-order valence-corrected chi connectivity index (χ1v) is 9.74. The molecular weight excluding hydrogens is 430 g/mol. The number of carbonyl (C=O) groups is 1. The van der Waals surface area contributed by atoms with Crippen molar-refractivity contribution in [1.29, 1.82) is 0 Å². The van der Waals surface area contributed by atoms with Crippen LogP contribution in [0.3, 0.4) is 0 Å². The molecule has 0 aliphatic heterocycles. The second kappa shape index (κ2) is 9.43. The molecule has 0 saturated heterocycles. The standard InChI is InChI=1S/C24H18NO8/c1-30-24(27)16-4-8-18(9-5-16)33-22-14-32-21-12-19(10-11-20(21)23(22)26)31-13-15-2-6-17(7-3-15)25(28)29/h2-12,14,28H,13H2,1H3/q-1. The maximum absolute atomic E-state index is 12.8. The Balaban J connectivity index is 1.48. The molecule has 9 nitrogen and oxygen atoms in total. The lowest BCUT2D eigenvalue weighted by Gasteiger charge is -2.21. The molecule has 0 radical (unpaired) electrons. The maximum Gasteiger partial charge on any atom is 0.337 e. The summed E-state index contributed by atoms with van der Waals surface area (Å²) in [5.74, 6) is 0.371. The number of ether oxygens (including phenoxy) is 3. The van der Waals surface area contributed by atoms with Crippen molar-refractivity contribution < 1.29 is 28.6 Å². The Kier molecular flexibility index (Phi) is 6.25. The van der Waals surface area contributed by atoms with E-state index in [9.17, 15) is 14.8 Å². The molecule has 0 aliphatic carbocycles. The fourth-order valence-electron chi connectivity index (χ4n) is 3.04. The molecule has 0 aliphatic rings. The molecule has 0 spiro atoms. The minimum Gasteiger partial charge on any atom is -0.733 e. The number of hydrogen-bond donors (Lipinski definition) is 1. The fourth-order valence-corrected chi connectivity index (χ4v) is 3.04. The van der Waals surface area contributed by atoms with Gasteiger partial charge < -0.3 is 29.1 Å². The van der Waals surface area contributed by atoms with Crippen molar-refractivity contribution in [2.24, 2.45) is 0 Å². The molecule has 0 fully saturated rings. The predicted molar refractivity (Wildman–Crippen MR) is 119 cm³/mol. The van der Waals surface area contributed by atoms with Gasteiger partial charge in [-0.05, 0) is 54.1 Å². The number of methoxy groups -OCH3 is 1. The van der Waals surface area contributed by atoms with Crippen LogP contribution in [-0.4, -0.2) is 18.3 Å². The van der Waals surface area contributed by atoms with Gasteiger partial charge in [0.25, 0.3) is 0 Å². The average molecular weight is 448 g/mol. The van der Waals surface area contributed by atoms with Crippen LogP contribution in [0.2, 0.25) is 0 Å². The summed E-state index contributed by atoms with van der Waals surface area (Å²) in [6.45, 7) is 0.211. The second-order valence-corrected chi connectivity index (χ2v) is 6.93. The molecule has 0 saturated carbocycles. The number of benzene rings is 3. The Morgan fingerprint density at radius 1 is 1.03 bits per heavy atom. The minimum absolute atomic E-state index is 0.00150. The van der Waals surface area contributed by atoms with Crippen molar-refractivity contribution in [3.63, 3.8) is 0 Å². The van der Waals surface area contributed by atoms with E-state index in [4.69, 9.17) is 19.1 Å². The summed E-state index contributed by atoms with van der Waals surface area (Å²) in [5, 5.41) is 19.8. The van der Waals surface area contributed by atoms with Crippen molar-refractivity contribution in [2.75, 3.05) is 12.3 Å². The molecule has 168 valence electrons. The Morgan fingerprint density at radius 3 is 2.39 bits per heavy atom. The van der Waals surface area contributed by atoms with Gasteiger partial charge in [0, 0.05) is 6.07 Å². The van der Waals surface area contributed by atoms with Crippen molar-refractivity contribution in [3.05, 3.63) is 99.6 Å². The summed E-state index contributed by atoms with van der Waals surface area (Å²) >= 11 is 0. The van der Waals surface area contributed by atoms with E-state index in [0.29, 0.717) is 28.0 Å². The summed E-state index contributed by atoms with van der Waals surface area (Å²) in [4.78, 5) is 24.3. The average Bonchev–Trinajstić information content (AvgIpc) is 2.84. The highest BCUT2D eigenvalue weighted by molar-refractivity contribution is 5.89. The largest absolute Gasteiger partial charge is 0.733 e. The Bertz CT molecular complexity index is 1330. The number of fused-ring (bicyclic) bond motifs is 1. The molecule has 0 bridgehead atoms. The Hall–Kier alpha value is -4.34. The zero-order valence-corrected chi connectivity index (χ0v) is 17.4. The van der Waals surface area contributed by atoms with Crippen LogP contribution in [0.15, 0.2) is 82.2 Å². The lowest BCUT2D eigenvalue weighted by atomic mass is 10.2. The van der Waals surface area contributed by atoms with Crippen LogP contribution in [-0.2, 0) is 11.3 Å². The first-order chi connectivity index (χ1) is 15.9. The van der Waals surface area contributed by atoms with E-state index < -0.39 is 5.97 Å². The molecule has 0 amide bonds. The van der Waals surface area contributed by atoms with Gasteiger partial charge in [-0.2, -0.15) is 0 Å². The first-order valence-electron chi connectivity index (χ1n) is 9.74. The zero-order valence-electron chi connectivity index (χ0n) is 17.4. The minimum atomic E-state index is -0.471. The topological polar surface area (TPSA) is 122 Å². The molecule has 33 heavy (non-hydrogen) atoms. The maximum atomic E-state index is 12.8. The summed E-state index contributed by atoms with van der Waals surface area (Å²) < 4.78 is 21.5. The lowest BCUT2D eigenvalue weighted by Crippen LogP contribution is -2.07. The van der Waals surface area contributed by atoms with Crippen molar-refractivity contribution in [3.8, 4) is 17.2 Å². The van der Waals surface area contributed by atoms with Gasteiger partial charge in [-0.15, -0.1) is 0 Å². The van der Waals surface area contributed by atoms with Gasteiger partial charge in [0.1, 0.15) is 30.0 Å². The Labute approximate surface area is 187 Å². The van der Waals surface area contributed by atoms with Gasteiger partial charge in [-0.3, -0.25) is 10.0 Å². The number of anilines is 1. The summed E-state index contributed by atoms with van der Waals surface area (Å²) in [6.07, 6.45) is 1.21. The van der Waals surface area contributed by atoms with Gasteiger partial charge in [-0.25, -0.2) is 4.79 Å². The quantitative estimate of drug-likeness (QED) is 0.318. The molecule has 0 atom stereocenters. The molecule has 4 aromatic rings. The molecule has 0 unspecified atom stereocenters. The van der Waals surface area contributed by atoms with Crippen LogP contribution < -0.4 is 20.1 Å². The normalized spacial score (nSPS) is 10.6. The van der Waals surface area contributed by atoms with Crippen LogP contribution in [0.1, 0.15) is 15.9 Å². The molecule has 1 heterocycles. The molecule has 1 aromatic heterocycles. The van der Waals surface area contributed by atoms with Crippen molar-refractivity contribution >= 4 is 22.6 Å². The number of carbonyl (C=O) groups excluding carboxylic acids is 1. The predicted octanol–water partition coefficient (Wildman–Crippen LogP) is 4.64. The second-order valence-electron chi connectivity index (χ2n) is 6.93. The number of nitrogens with zero attached hydrogens (tertiary/aromatic N) is 1. The number of rotatable bonds is 7. The highest BCUT2D eigenvalue weighted by Crippen LogP contribution is 2.25. The Morgan fingerprint density at radius 2 is 1.73 bits per heavy atom. The van der Waals surface area contributed by atoms with Crippen LogP contribution in [0.25, 0.3) is 11.0 Å². The van der Waals surface area contributed by atoms with Crippen molar-refractivity contribution in [1.82, 2.24) is 0 Å². The van der Waals surface area contributed by atoms with Crippen LogP contribution >= 0.6 is 0 Å². The monoisotopic (exact) mass is 448 g/mol. The number of esters is 1. The summed E-state index contributed by atoms with van der Waals surface area (Å²) in [7, 11) is 1.29. The van der Waals surface area contributed by atoms with Crippen LogP contribution in [0, 0.1) is 5.21 Å². The first kappa shape index (κ1) is 21.9. The van der Waals surface area contributed by atoms with Gasteiger partial charge in [0.15, 0.2) is 0 Å². The SMILES string of the molecule is COC(=O)c1ccc(Oc2coc3cc(OCc4ccc(N([O-])O)cc4)ccc3c2=O)cc1. The van der Waals surface area contributed by atoms with Crippen molar-refractivity contribution in [2.45, 2.75) is 6.61 Å². The highest BCUT2D eigenvalue weighted by Gasteiger charge is 2.11. The smallest absolute Gasteiger partial charge is 0.337 e. The fraction of sp³-hybridized carbons (Fsp3) is 0.0833. The molecule has 1 N–H and O–H groups in total. The van der Waals surface area contributed by atoms with E-state index >= 15 is 0 Å². The third-order valence-corrected chi connectivity index (χ3v) is 4.78. The summed E-state index contributed by atoms with van der Waals surface area (Å²) in [5.41, 5.74) is 1.22. The van der Waals surface area contributed by atoms with Gasteiger partial charge in [0.05, 0.1) is 23.7 Å². The van der Waals surface area contributed by atoms with Gasteiger partial charge in [-0.1, -0.05) is 12.1 Å². The van der Waals surface area contributed by atoms with E-state index in [2.05, 4.69) is 4.74 Å². The van der Waals surface area contributed by atoms with E-state index in [-0.39, 0.29) is 28.7 Å². The van der Waals surface area contributed by atoms with Gasteiger partial charge >= 0.3 is 5.97 Å². The van der Waals surface area contributed by atoms with Crippen LogP contribution in [0.4, 0.5) is 5.69 Å². The van der Waals surface area contributed by atoms with Gasteiger partial charge in [0.2, 0.25) is 11.2 Å². The molecule has 4 rings (SSSR count). The zero-order chi connectivity index (χ0) is 23.4. The van der Waals surface area contributed by atoms with E-state index in [1.165, 1.54) is 37.6 Å². The highest BCUT2D eigenvalue weighted by atomic mass is 16.8. The third kappa shape index (κ3) is 4.95. The molecular formula is C24H18NO8-. The van der Waals surface area contributed by atoms with E-state index in [1.807, 2.05) is 0 Å². The number of hydrogen-bond acceptors (Lipinski definition) is 9. The molecule has 3 aromatic carbocycles. The molecule has 9 heteroatoms. The van der Waals surface area contributed by atoms with E-state index in [0.717, 1.165) is 5.56 Å². The van der Waals surface area contributed by atoms with E-state index in [1.54, 1.807) is 42.5 Å². The third-order valence-electron chi connectivity index (χ3n) is 4.78. The lowest BCUT2D eigenvalue weighted by molar-refractivity contribution is 0.0600. The van der Waals surface area contributed by atoms with Crippen LogP contribution in [0.5, 0.6) is 17.2 Å². The summed E-state index contributed by atoms with van der Waals surface area (Å²) in [6, 6.07) is 17.2.